The number of nitrogens with one attached hydrogen (secondary N) is 1. The first-order chi connectivity index (χ1) is 14.9. The third kappa shape index (κ3) is 3.28. The number of hydrogen-bond donors (Lipinski definition) is 1. The van der Waals surface area contributed by atoms with E-state index in [0.717, 1.165) is 0 Å². The van der Waals surface area contributed by atoms with Crippen LogP contribution in [0, 0.1) is 13.8 Å². The Morgan fingerprint density at radius 3 is 2.87 bits per heavy atom. The average Bonchev–Trinajstić information content (AvgIpc) is 3.22. The van der Waals surface area contributed by atoms with Gasteiger partial charge >= 0.3 is 0 Å². The molecular formula is C18H17ClFN9O2. The molecule has 1 atom stereocenters. The number of hydrogen-bond acceptors (Lipinski definition) is 9. The maximum atomic E-state index is 14.7. The maximum Gasteiger partial charge on any atom is 0.257 e. The SMILES string of the molecule is COc1nc(C)ncc1-n1nc2c(c1C)Nc1ncc3c(Cl)nn(c3n1)C[C@H](F)CO2. The van der Waals surface area contributed by atoms with E-state index in [4.69, 9.17) is 21.1 Å². The fraction of sp³-hybridized carbons (Fsp3) is 0.333. The standard InChI is InChI=1S/C18H17ClFN9O2/c1-8-13-17(27-29(8)12-5-21-9(2)23-16(12)30-3)31-7-10(20)6-28-15-11(14(19)26-28)4-22-18(24-13)25-15/h4-5,10H,6-7H2,1-3H3,(H,22,24,25)/t10-/m0/s1. The van der Waals surface area contributed by atoms with E-state index in [1.54, 1.807) is 24.0 Å². The smallest absolute Gasteiger partial charge is 0.257 e. The Kier molecular flexibility index (Phi) is 4.58. The van der Waals surface area contributed by atoms with Crippen LogP contribution in [0.3, 0.4) is 0 Å². The molecule has 0 spiro atoms. The number of fused-ring (bicyclic) bond motifs is 2. The highest BCUT2D eigenvalue weighted by Crippen LogP contribution is 2.34. The summed E-state index contributed by atoms with van der Waals surface area (Å²) in [5.41, 5.74) is 2.06. The molecule has 1 aliphatic rings. The molecule has 0 fully saturated rings. The molecule has 1 N–H and O–H groups in total. The predicted molar refractivity (Wildman–Crippen MR) is 109 cm³/mol. The van der Waals surface area contributed by atoms with Crippen LogP contribution in [-0.4, -0.2) is 59.4 Å². The summed E-state index contributed by atoms with van der Waals surface area (Å²) in [6.45, 7) is 3.26. The summed E-state index contributed by atoms with van der Waals surface area (Å²) in [4.78, 5) is 17.3. The molecular weight excluding hydrogens is 429 g/mol. The third-order valence-electron chi connectivity index (χ3n) is 4.81. The molecule has 160 valence electrons. The average molecular weight is 446 g/mol. The first-order valence-corrected chi connectivity index (χ1v) is 9.73. The number of aromatic nitrogens is 8. The molecule has 5 rings (SSSR count). The Balaban J connectivity index is 1.66. The lowest BCUT2D eigenvalue weighted by atomic mass is 10.3. The molecule has 0 unspecified atom stereocenters. The van der Waals surface area contributed by atoms with Gasteiger partial charge in [0.1, 0.15) is 23.8 Å². The summed E-state index contributed by atoms with van der Waals surface area (Å²) in [5, 5.41) is 12.5. The van der Waals surface area contributed by atoms with Gasteiger partial charge in [-0.2, -0.15) is 15.1 Å². The number of rotatable bonds is 2. The summed E-state index contributed by atoms with van der Waals surface area (Å²) >= 11 is 6.14. The number of anilines is 2. The van der Waals surface area contributed by atoms with E-state index >= 15 is 0 Å². The van der Waals surface area contributed by atoms with Crippen LogP contribution in [0.15, 0.2) is 12.4 Å². The molecule has 2 bridgehead atoms. The third-order valence-corrected chi connectivity index (χ3v) is 5.09. The Labute approximate surface area is 180 Å². The number of nitrogens with zero attached hydrogens (tertiary/aromatic N) is 8. The predicted octanol–water partition coefficient (Wildman–Crippen LogP) is 2.55. The van der Waals surface area contributed by atoms with Gasteiger partial charge in [0.2, 0.25) is 11.8 Å². The van der Waals surface area contributed by atoms with Crippen molar-refractivity contribution in [3.8, 4) is 17.4 Å². The van der Waals surface area contributed by atoms with Gasteiger partial charge in [-0.15, -0.1) is 5.10 Å². The van der Waals surface area contributed by atoms with Gasteiger partial charge in [-0.25, -0.2) is 23.7 Å². The molecule has 13 heteroatoms. The van der Waals surface area contributed by atoms with Crippen LogP contribution in [0.5, 0.6) is 11.8 Å². The number of alkyl halides is 1. The molecule has 31 heavy (non-hydrogen) atoms. The minimum Gasteiger partial charge on any atom is -0.479 e. The molecule has 0 saturated heterocycles. The second kappa shape index (κ2) is 7.30. The minimum atomic E-state index is -1.37. The van der Waals surface area contributed by atoms with Crippen LogP contribution >= 0.6 is 11.6 Å². The molecule has 11 nitrogen and oxygen atoms in total. The van der Waals surface area contributed by atoms with Crippen molar-refractivity contribution in [1.82, 2.24) is 39.5 Å². The van der Waals surface area contributed by atoms with E-state index in [2.05, 4.69) is 35.5 Å². The molecule has 0 amide bonds. The van der Waals surface area contributed by atoms with E-state index in [1.807, 2.05) is 6.92 Å². The second-order valence-corrected chi connectivity index (χ2v) is 7.28. The van der Waals surface area contributed by atoms with Crippen molar-refractivity contribution >= 4 is 34.3 Å². The lowest BCUT2D eigenvalue weighted by Crippen LogP contribution is -2.20. The van der Waals surface area contributed by atoms with Crippen LogP contribution in [-0.2, 0) is 6.54 Å². The number of ether oxygens (including phenoxy) is 2. The number of methoxy groups -OCH3 is 1. The van der Waals surface area contributed by atoms with E-state index in [9.17, 15) is 4.39 Å². The van der Waals surface area contributed by atoms with Crippen LogP contribution in [0.2, 0.25) is 5.15 Å². The highest BCUT2D eigenvalue weighted by molar-refractivity contribution is 6.34. The van der Waals surface area contributed by atoms with Crippen molar-refractivity contribution < 1.29 is 13.9 Å². The molecule has 4 aromatic rings. The van der Waals surface area contributed by atoms with Gasteiger partial charge in [0.15, 0.2) is 17.0 Å². The van der Waals surface area contributed by atoms with E-state index in [-0.39, 0.29) is 30.1 Å². The first-order valence-electron chi connectivity index (χ1n) is 9.35. The quantitative estimate of drug-likeness (QED) is 0.496. The topological polar surface area (TPSA) is 118 Å². The summed E-state index contributed by atoms with van der Waals surface area (Å²) in [6, 6.07) is 0. The van der Waals surface area contributed by atoms with Crippen molar-refractivity contribution in [2.45, 2.75) is 26.6 Å². The van der Waals surface area contributed by atoms with Crippen molar-refractivity contribution in [1.29, 1.82) is 0 Å². The zero-order valence-corrected chi connectivity index (χ0v) is 17.6. The molecule has 5 heterocycles. The second-order valence-electron chi connectivity index (χ2n) is 6.93. The zero-order valence-electron chi connectivity index (χ0n) is 16.8. The zero-order chi connectivity index (χ0) is 21.7. The largest absolute Gasteiger partial charge is 0.479 e. The van der Waals surface area contributed by atoms with Crippen LogP contribution < -0.4 is 14.8 Å². The summed E-state index contributed by atoms with van der Waals surface area (Å²) < 4.78 is 28.7. The van der Waals surface area contributed by atoms with Gasteiger partial charge in [0, 0.05) is 6.20 Å². The fourth-order valence-corrected chi connectivity index (χ4v) is 3.55. The fourth-order valence-electron chi connectivity index (χ4n) is 3.33. The Morgan fingerprint density at radius 1 is 1.23 bits per heavy atom. The monoisotopic (exact) mass is 445 g/mol. The summed E-state index contributed by atoms with van der Waals surface area (Å²) in [6.07, 6.45) is 1.77. The summed E-state index contributed by atoms with van der Waals surface area (Å²) in [5.74, 6) is 1.35. The van der Waals surface area contributed by atoms with E-state index in [1.165, 1.54) is 11.8 Å². The molecule has 0 radical (unpaired) electrons. The Morgan fingerprint density at radius 2 is 2.06 bits per heavy atom. The Bertz CT molecular complexity index is 1310. The van der Waals surface area contributed by atoms with Gasteiger partial charge in [-0.05, 0) is 13.8 Å². The van der Waals surface area contributed by atoms with Gasteiger partial charge in [0.05, 0.1) is 30.9 Å². The molecule has 0 aliphatic carbocycles. The van der Waals surface area contributed by atoms with Crippen molar-refractivity contribution in [2.75, 3.05) is 19.0 Å². The van der Waals surface area contributed by atoms with Crippen LogP contribution in [0.25, 0.3) is 16.7 Å². The normalized spacial score (nSPS) is 15.8. The van der Waals surface area contributed by atoms with Crippen LogP contribution in [0.4, 0.5) is 16.0 Å². The highest BCUT2D eigenvalue weighted by Gasteiger charge is 2.24. The van der Waals surface area contributed by atoms with E-state index < -0.39 is 6.17 Å². The molecule has 1 aliphatic heterocycles. The molecule has 0 aromatic carbocycles. The summed E-state index contributed by atoms with van der Waals surface area (Å²) in [7, 11) is 1.51. The number of aryl methyl sites for hydroxylation is 1. The van der Waals surface area contributed by atoms with Gasteiger partial charge in [-0.3, -0.25) is 0 Å². The minimum absolute atomic E-state index is 0.0751. The van der Waals surface area contributed by atoms with Crippen molar-refractivity contribution in [3.63, 3.8) is 0 Å². The van der Waals surface area contributed by atoms with Crippen molar-refractivity contribution in [2.24, 2.45) is 0 Å². The lowest BCUT2D eigenvalue weighted by Gasteiger charge is -2.10. The van der Waals surface area contributed by atoms with Gasteiger partial charge in [0.25, 0.3) is 5.88 Å². The van der Waals surface area contributed by atoms with Gasteiger partial charge in [-0.1, -0.05) is 11.6 Å². The first kappa shape index (κ1) is 19.4. The van der Waals surface area contributed by atoms with Crippen molar-refractivity contribution in [3.05, 3.63) is 29.1 Å². The molecule has 4 aromatic heterocycles. The lowest BCUT2D eigenvalue weighted by molar-refractivity contribution is 0.171. The van der Waals surface area contributed by atoms with Gasteiger partial charge < -0.3 is 14.8 Å². The highest BCUT2D eigenvalue weighted by atomic mass is 35.5. The van der Waals surface area contributed by atoms with Crippen LogP contribution in [0.1, 0.15) is 11.5 Å². The maximum absolute atomic E-state index is 14.7. The molecule has 0 saturated carbocycles. The number of halogens is 2. The Hall–Kier alpha value is -3.54. The van der Waals surface area contributed by atoms with E-state index in [0.29, 0.717) is 39.8 Å².